The van der Waals surface area contributed by atoms with E-state index in [4.69, 9.17) is 10.5 Å². The minimum atomic E-state index is -0.331. The summed E-state index contributed by atoms with van der Waals surface area (Å²) in [6, 6.07) is 3.31. The van der Waals surface area contributed by atoms with Crippen molar-refractivity contribution in [2.24, 2.45) is 5.73 Å². The van der Waals surface area contributed by atoms with E-state index in [1.165, 1.54) is 0 Å². The number of hydrogen-bond donors (Lipinski definition) is 1. The summed E-state index contributed by atoms with van der Waals surface area (Å²) in [5.41, 5.74) is 6.63. The molecule has 1 heterocycles. The average Bonchev–Trinajstić information content (AvgIpc) is 2.19. The molecular formula is C10H14N2O2. The first-order chi connectivity index (χ1) is 6.74. The normalized spacial score (nSPS) is 12.1. The summed E-state index contributed by atoms with van der Waals surface area (Å²) in [6.45, 7) is 2.16. The third kappa shape index (κ3) is 3.14. The van der Waals surface area contributed by atoms with E-state index in [0.29, 0.717) is 6.61 Å². The predicted molar refractivity (Wildman–Crippen MR) is 52.4 cm³/mol. The largest absolute Gasteiger partial charge is 0.466 e. The van der Waals surface area contributed by atoms with E-state index in [2.05, 4.69) is 4.98 Å². The molecule has 0 aliphatic carbocycles. The second-order valence-electron chi connectivity index (χ2n) is 2.90. The molecule has 4 nitrogen and oxygen atoms in total. The Morgan fingerprint density at radius 1 is 1.71 bits per heavy atom. The van der Waals surface area contributed by atoms with Gasteiger partial charge in [-0.15, -0.1) is 0 Å². The Morgan fingerprint density at radius 3 is 3.07 bits per heavy atom. The van der Waals surface area contributed by atoms with Crippen molar-refractivity contribution in [3.05, 3.63) is 30.1 Å². The summed E-state index contributed by atoms with van der Waals surface area (Å²) in [7, 11) is 0. The first-order valence-electron chi connectivity index (χ1n) is 4.55. The molecule has 1 aromatic rings. The lowest BCUT2D eigenvalue weighted by atomic mass is 10.1. The molecule has 0 aromatic carbocycles. The van der Waals surface area contributed by atoms with Gasteiger partial charge in [0.2, 0.25) is 0 Å². The third-order valence-electron chi connectivity index (χ3n) is 1.80. The number of pyridine rings is 1. The number of carbonyl (C=O) groups excluding carboxylic acids is 1. The van der Waals surface area contributed by atoms with Gasteiger partial charge in [0, 0.05) is 18.4 Å². The third-order valence-corrected chi connectivity index (χ3v) is 1.80. The summed E-state index contributed by atoms with van der Waals surface area (Å²) in [5.74, 6) is -0.274. The zero-order chi connectivity index (χ0) is 10.4. The van der Waals surface area contributed by atoms with E-state index in [9.17, 15) is 4.79 Å². The van der Waals surface area contributed by atoms with Gasteiger partial charge in [-0.3, -0.25) is 9.78 Å². The van der Waals surface area contributed by atoms with Crippen molar-refractivity contribution in [1.82, 2.24) is 4.98 Å². The molecule has 0 radical (unpaired) electrons. The molecule has 0 saturated carbocycles. The standard InChI is InChI=1S/C10H14N2O2/c1-2-14-10(13)6-9(11)8-4-3-5-12-7-8/h3-5,7,9H,2,6,11H2,1H3/t9-/m0/s1. The van der Waals surface area contributed by atoms with E-state index in [1.54, 1.807) is 25.4 Å². The van der Waals surface area contributed by atoms with Crippen molar-refractivity contribution in [3.8, 4) is 0 Å². The predicted octanol–water partition coefficient (Wildman–Crippen LogP) is 1.03. The Morgan fingerprint density at radius 2 is 2.50 bits per heavy atom. The van der Waals surface area contributed by atoms with Crippen LogP contribution in [0.2, 0.25) is 0 Å². The number of nitrogens with two attached hydrogens (primary N) is 1. The van der Waals surface area contributed by atoms with Crippen LogP contribution in [0, 0.1) is 0 Å². The molecule has 2 N–H and O–H groups in total. The molecule has 0 amide bonds. The van der Waals surface area contributed by atoms with E-state index >= 15 is 0 Å². The quantitative estimate of drug-likeness (QED) is 0.727. The lowest BCUT2D eigenvalue weighted by molar-refractivity contribution is -0.143. The molecule has 1 atom stereocenters. The Labute approximate surface area is 83.1 Å². The molecule has 0 fully saturated rings. The maximum absolute atomic E-state index is 11.1. The van der Waals surface area contributed by atoms with E-state index in [0.717, 1.165) is 5.56 Å². The summed E-state index contributed by atoms with van der Waals surface area (Å²) in [6.07, 6.45) is 3.52. The minimum absolute atomic E-state index is 0.194. The maximum atomic E-state index is 11.1. The zero-order valence-electron chi connectivity index (χ0n) is 8.14. The lowest BCUT2D eigenvalue weighted by Crippen LogP contribution is -2.17. The number of esters is 1. The van der Waals surface area contributed by atoms with Crippen LogP contribution in [0.25, 0.3) is 0 Å². The summed E-state index contributed by atoms with van der Waals surface area (Å²) in [4.78, 5) is 15.0. The van der Waals surface area contributed by atoms with Crippen molar-refractivity contribution in [3.63, 3.8) is 0 Å². The number of carbonyl (C=O) groups is 1. The van der Waals surface area contributed by atoms with Crippen molar-refractivity contribution in [1.29, 1.82) is 0 Å². The highest BCUT2D eigenvalue weighted by Gasteiger charge is 2.11. The molecule has 76 valence electrons. The number of aromatic nitrogens is 1. The van der Waals surface area contributed by atoms with Crippen LogP contribution in [0.4, 0.5) is 0 Å². The molecule has 1 rings (SSSR count). The summed E-state index contributed by atoms with van der Waals surface area (Å²) in [5, 5.41) is 0. The topological polar surface area (TPSA) is 65.2 Å². The van der Waals surface area contributed by atoms with Gasteiger partial charge < -0.3 is 10.5 Å². The molecule has 0 aliphatic heterocycles. The van der Waals surface area contributed by atoms with Gasteiger partial charge in [-0.25, -0.2) is 0 Å². The Hall–Kier alpha value is -1.42. The Bertz CT molecular complexity index is 287. The van der Waals surface area contributed by atoms with Crippen LogP contribution in [-0.2, 0) is 9.53 Å². The fourth-order valence-corrected chi connectivity index (χ4v) is 1.11. The smallest absolute Gasteiger partial charge is 0.307 e. The van der Waals surface area contributed by atoms with Crippen LogP contribution in [0.1, 0.15) is 24.9 Å². The number of rotatable bonds is 4. The fourth-order valence-electron chi connectivity index (χ4n) is 1.11. The maximum Gasteiger partial charge on any atom is 0.307 e. The van der Waals surface area contributed by atoms with Crippen molar-refractivity contribution in [2.75, 3.05) is 6.61 Å². The van der Waals surface area contributed by atoms with Crippen LogP contribution < -0.4 is 5.73 Å². The van der Waals surface area contributed by atoms with Gasteiger partial charge >= 0.3 is 5.97 Å². The van der Waals surface area contributed by atoms with Crippen LogP contribution in [0.15, 0.2) is 24.5 Å². The van der Waals surface area contributed by atoms with Gasteiger partial charge in [0.25, 0.3) is 0 Å². The summed E-state index contributed by atoms with van der Waals surface area (Å²) >= 11 is 0. The average molecular weight is 194 g/mol. The number of hydrogen-bond acceptors (Lipinski definition) is 4. The minimum Gasteiger partial charge on any atom is -0.466 e. The van der Waals surface area contributed by atoms with E-state index in [-0.39, 0.29) is 18.4 Å². The molecule has 0 bridgehead atoms. The second-order valence-corrected chi connectivity index (χ2v) is 2.90. The van der Waals surface area contributed by atoms with Crippen molar-refractivity contribution < 1.29 is 9.53 Å². The van der Waals surface area contributed by atoms with Gasteiger partial charge in [-0.2, -0.15) is 0 Å². The van der Waals surface area contributed by atoms with Gasteiger partial charge in [-0.05, 0) is 18.6 Å². The molecule has 0 saturated heterocycles. The van der Waals surface area contributed by atoms with Crippen LogP contribution >= 0.6 is 0 Å². The number of ether oxygens (including phenoxy) is 1. The van der Waals surface area contributed by atoms with Crippen LogP contribution in [0.5, 0.6) is 0 Å². The fraction of sp³-hybridized carbons (Fsp3) is 0.400. The Balaban J connectivity index is 2.50. The number of nitrogens with zero attached hydrogens (tertiary/aromatic N) is 1. The Kier molecular flexibility index (Phi) is 4.07. The molecule has 0 aliphatic rings. The van der Waals surface area contributed by atoms with Crippen molar-refractivity contribution in [2.45, 2.75) is 19.4 Å². The highest BCUT2D eigenvalue weighted by atomic mass is 16.5. The van der Waals surface area contributed by atoms with Gasteiger partial charge in [-0.1, -0.05) is 6.07 Å². The monoisotopic (exact) mass is 194 g/mol. The summed E-state index contributed by atoms with van der Waals surface area (Å²) < 4.78 is 4.79. The molecule has 4 heteroatoms. The van der Waals surface area contributed by atoms with E-state index in [1.807, 2.05) is 6.07 Å². The lowest BCUT2D eigenvalue weighted by Gasteiger charge is -2.09. The molecule has 0 spiro atoms. The molecule has 14 heavy (non-hydrogen) atoms. The zero-order valence-corrected chi connectivity index (χ0v) is 8.14. The molecule has 1 aromatic heterocycles. The van der Waals surface area contributed by atoms with Gasteiger partial charge in [0.15, 0.2) is 0 Å². The van der Waals surface area contributed by atoms with Crippen molar-refractivity contribution >= 4 is 5.97 Å². The molecular weight excluding hydrogens is 180 g/mol. The first-order valence-corrected chi connectivity index (χ1v) is 4.55. The van der Waals surface area contributed by atoms with Gasteiger partial charge in [0.05, 0.1) is 13.0 Å². The second kappa shape index (κ2) is 5.34. The highest BCUT2D eigenvalue weighted by Crippen LogP contribution is 2.12. The van der Waals surface area contributed by atoms with Crippen LogP contribution in [0.3, 0.4) is 0 Å². The SMILES string of the molecule is CCOC(=O)C[C@H](N)c1cccnc1. The molecule has 0 unspecified atom stereocenters. The van der Waals surface area contributed by atoms with Crippen LogP contribution in [-0.4, -0.2) is 17.6 Å². The highest BCUT2D eigenvalue weighted by molar-refractivity contribution is 5.70. The van der Waals surface area contributed by atoms with E-state index < -0.39 is 0 Å². The van der Waals surface area contributed by atoms with Gasteiger partial charge in [0.1, 0.15) is 0 Å². The first kappa shape index (κ1) is 10.7.